The third kappa shape index (κ3) is 5.34. The largest absolute Gasteiger partial charge is 0.497 e. The van der Waals surface area contributed by atoms with Crippen LogP contribution in [0.3, 0.4) is 0 Å². The second-order valence-electron chi connectivity index (χ2n) is 9.98. The first kappa shape index (κ1) is 26.4. The fraction of sp³-hybridized carbons (Fsp3) is 0.152. The minimum absolute atomic E-state index is 0.144. The van der Waals surface area contributed by atoms with Crippen LogP contribution in [0.5, 0.6) is 17.2 Å². The van der Waals surface area contributed by atoms with Gasteiger partial charge < -0.3 is 29.2 Å². The van der Waals surface area contributed by atoms with Crippen LogP contribution in [0.15, 0.2) is 116 Å². The highest BCUT2D eigenvalue weighted by atomic mass is 32.1. The highest BCUT2D eigenvalue weighted by Gasteiger charge is 2.42. The molecule has 1 aliphatic rings. The number of benzene rings is 3. The summed E-state index contributed by atoms with van der Waals surface area (Å²) in [7, 11) is 5.74. The molecule has 2 aromatic heterocycles. The number of nitrogens with zero attached hydrogens (tertiary/aromatic N) is 4. The predicted octanol–water partition coefficient (Wildman–Crippen LogP) is 6.92. The van der Waals surface area contributed by atoms with Crippen LogP contribution in [0, 0.1) is 0 Å². The number of ether oxygens (including phenoxy) is 2. The van der Waals surface area contributed by atoms with Crippen LogP contribution in [-0.2, 0) is 0 Å². The second-order valence-corrected chi connectivity index (χ2v) is 10.4. The summed E-state index contributed by atoms with van der Waals surface area (Å²) in [6.45, 7) is 0. The lowest BCUT2D eigenvalue weighted by molar-refractivity contribution is 0.413. The number of thiocarbonyl (C=S) groups is 1. The van der Waals surface area contributed by atoms with Crippen LogP contribution in [0.4, 0.5) is 11.4 Å². The molecule has 1 N–H and O–H groups in total. The van der Waals surface area contributed by atoms with Crippen LogP contribution >= 0.6 is 12.2 Å². The molecule has 206 valence electrons. The molecule has 3 aromatic carbocycles. The maximum Gasteiger partial charge on any atom is 0.174 e. The lowest BCUT2D eigenvalue weighted by Gasteiger charge is -2.29. The van der Waals surface area contributed by atoms with E-state index in [1.54, 1.807) is 7.11 Å². The van der Waals surface area contributed by atoms with Crippen molar-refractivity contribution < 1.29 is 9.47 Å². The summed E-state index contributed by atoms with van der Waals surface area (Å²) in [5.74, 6) is 2.26. The van der Waals surface area contributed by atoms with E-state index in [0.29, 0.717) is 5.11 Å². The fourth-order valence-electron chi connectivity index (χ4n) is 5.17. The van der Waals surface area contributed by atoms with E-state index >= 15 is 0 Å². The molecule has 0 saturated carbocycles. The molecular weight excluding hydrogens is 530 g/mol. The maximum atomic E-state index is 6.08. The number of aromatic nitrogens is 2. The van der Waals surface area contributed by atoms with Crippen molar-refractivity contribution in [3.63, 3.8) is 0 Å². The summed E-state index contributed by atoms with van der Waals surface area (Å²) in [5, 5.41) is 4.20. The molecule has 41 heavy (non-hydrogen) atoms. The van der Waals surface area contributed by atoms with Crippen molar-refractivity contribution in [1.29, 1.82) is 0 Å². The van der Waals surface area contributed by atoms with Crippen molar-refractivity contribution in [2.75, 3.05) is 31.0 Å². The molecule has 0 bridgehead atoms. The van der Waals surface area contributed by atoms with Gasteiger partial charge in [0, 0.05) is 49.2 Å². The lowest BCUT2D eigenvalue weighted by atomic mass is 10.0. The van der Waals surface area contributed by atoms with E-state index in [4.69, 9.17) is 26.7 Å². The van der Waals surface area contributed by atoms with E-state index in [0.717, 1.165) is 45.7 Å². The molecule has 0 aliphatic carbocycles. The lowest BCUT2D eigenvalue weighted by Crippen LogP contribution is -2.30. The molecule has 0 radical (unpaired) electrons. The van der Waals surface area contributed by atoms with Gasteiger partial charge in [-0.25, -0.2) is 0 Å². The van der Waals surface area contributed by atoms with Gasteiger partial charge in [-0.05, 0) is 109 Å². The zero-order chi connectivity index (χ0) is 28.3. The molecule has 7 nitrogen and oxygen atoms in total. The number of nitrogens with one attached hydrogen (secondary N) is 1. The van der Waals surface area contributed by atoms with Crippen LogP contribution in [0.2, 0.25) is 0 Å². The van der Waals surface area contributed by atoms with Crippen LogP contribution in [0.1, 0.15) is 23.5 Å². The second kappa shape index (κ2) is 11.3. The number of methoxy groups -OCH3 is 1. The van der Waals surface area contributed by atoms with Gasteiger partial charge in [-0.15, -0.1) is 0 Å². The van der Waals surface area contributed by atoms with E-state index in [-0.39, 0.29) is 12.1 Å². The fourth-order valence-corrected chi connectivity index (χ4v) is 5.52. The van der Waals surface area contributed by atoms with E-state index in [9.17, 15) is 0 Å². The Labute approximate surface area is 245 Å². The van der Waals surface area contributed by atoms with Gasteiger partial charge >= 0.3 is 0 Å². The number of pyridine rings is 1. The summed E-state index contributed by atoms with van der Waals surface area (Å²) in [4.78, 5) is 8.97. The van der Waals surface area contributed by atoms with Crippen molar-refractivity contribution in [2.24, 2.45) is 0 Å². The molecule has 1 aliphatic heterocycles. The Morgan fingerprint density at radius 1 is 0.780 bits per heavy atom. The Morgan fingerprint density at radius 2 is 1.44 bits per heavy atom. The first-order valence-corrected chi connectivity index (χ1v) is 13.8. The van der Waals surface area contributed by atoms with E-state index in [1.165, 1.54) is 0 Å². The zero-order valence-electron chi connectivity index (χ0n) is 23.1. The van der Waals surface area contributed by atoms with Crippen molar-refractivity contribution in [1.82, 2.24) is 14.9 Å². The smallest absolute Gasteiger partial charge is 0.174 e. The normalized spacial score (nSPS) is 16.4. The highest BCUT2D eigenvalue weighted by Crippen LogP contribution is 2.42. The molecule has 1 fully saturated rings. The average molecular weight is 562 g/mol. The summed E-state index contributed by atoms with van der Waals surface area (Å²) in [5.41, 5.74) is 5.22. The topological polar surface area (TPSA) is 54.8 Å². The van der Waals surface area contributed by atoms with Gasteiger partial charge in [-0.1, -0.05) is 6.07 Å². The monoisotopic (exact) mass is 561 g/mol. The van der Waals surface area contributed by atoms with Gasteiger partial charge in [-0.3, -0.25) is 4.98 Å². The summed E-state index contributed by atoms with van der Waals surface area (Å²) >= 11 is 5.95. The Balaban J connectivity index is 1.36. The molecule has 1 saturated heterocycles. The quantitative estimate of drug-likeness (QED) is 0.207. The number of anilines is 2. The number of hydrogen-bond acceptors (Lipinski definition) is 5. The van der Waals surface area contributed by atoms with Crippen LogP contribution in [0.25, 0.3) is 5.69 Å². The number of rotatable bonds is 8. The van der Waals surface area contributed by atoms with Gasteiger partial charge in [0.1, 0.15) is 23.3 Å². The van der Waals surface area contributed by atoms with Gasteiger partial charge in [0.05, 0.1) is 18.8 Å². The van der Waals surface area contributed by atoms with Gasteiger partial charge in [0.2, 0.25) is 0 Å². The molecular formula is C33H31N5O2S. The highest BCUT2D eigenvalue weighted by molar-refractivity contribution is 7.80. The predicted molar refractivity (Wildman–Crippen MR) is 168 cm³/mol. The molecule has 0 amide bonds. The Hall–Kier alpha value is -4.82. The Bertz CT molecular complexity index is 1620. The summed E-state index contributed by atoms with van der Waals surface area (Å²) in [6, 6.07) is 34.0. The van der Waals surface area contributed by atoms with E-state index in [2.05, 4.69) is 62.3 Å². The average Bonchev–Trinajstić information content (AvgIpc) is 3.63. The molecule has 0 spiro atoms. The van der Waals surface area contributed by atoms with Crippen molar-refractivity contribution >= 4 is 28.7 Å². The number of hydrogen-bond donors (Lipinski definition) is 1. The molecule has 3 heterocycles. The zero-order valence-corrected chi connectivity index (χ0v) is 24.0. The van der Waals surface area contributed by atoms with Crippen LogP contribution in [-0.4, -0.2) is 35.9 Å². The standard InChI is InChI=1S/C33H31N5O2S/c1-36(2)23-9-11-24(12-10-23)37-22-6-8-30(37)32-31(29-7-4-5-21-34-29)35-33(41)38(32)25-13-15-27(16-14-25)40-28-19-17-26(39-3)18-20-28/h4-22,31-32H,1-3H3,(H,35,41)/t31-,32+/m1/s1. The third-order valence-electron chi connectivity index (χ3n) is 7.24. The summed E-state index contributed by atoms with van der Waals surface area (Å²) in [6.07, 6.45) is 3.92. The molecule has 0 unspecified atom stereocenters. The Kier molecular flexibility index (Phi) is 7.31. The summed E-state index contributed by atoms with van der Waals surface area (Å²) < 4.78 is 13.5. The molecule has 6 rings (SSSR count). The first-order chi connectivity index (χ1) is 20.0. The SMILES string of the molecule is COc1ccc(Oc2ccc(N3C(=S)N[C@H](c4ccccn4)[C@@H]3c3cccn3-c3ccc(N(C)C)cc3)cc2)cc1. The first-order valence-electron chi connectivity index (χ1n) is 13.4. The van der Waals surface area contributed by atoms with Gasteiger partial charge in [-0.2, -0.15) is 0 Å². The van der Waals surface area contributed by atoms with E-state index in [1.807, 2.05) is 87.0 Å². The Morgan fingerprint density at radius 3 is 2.07 bits per heavy atom. The van der Waals surface area contributed by atoms with Crippen molar-refractivity contribution in [3.8, 4) is 22.9 Å². The van der Waals surface area contributed by atoms with Gasteiger partial charge in [0.15, 0.2) is 5.11 Å². The van der Waals surface area contributed by atoms with Crippen molar-refractivity contribution in [3.05, 3.63) is 127 Å². The van der Waals surface area contributed by atoms with E-state index < -0.39 is 0 Å². The minimum Gasteiger partial charge on any atom is -0.497 e. The van der Waals surface area contributed by atoms with Crippen molar-refractivity contribution in [2.45, 2.75) is 12.1 Å². The van der Waals surface area contributed by atoms with Crippen LogP contribution < -0.4 is 24.6 Å². The molecule has 5 aromatic rings. The maximum absolute atomic E-state index is 6.08. The third-order valence-corrected chi connectivity index (χ3v) is 7.55. The molecule has 2 atom stereocenters. The minimum atomic E-state index is -0.145. The molecule has 8 heteroatoms. The van der Waals surface area contributed by atoms with Gasteiger partial charge in [0.25, 0.3) is 0 Å².